The number of carbonyl (C=O) groups is 1. The van der Waals surface area contributed by atoms with Gasteiger partial charge >= 0.3 is 0 Å². The maximum atomic E-state index is 12.9. The van der Waals surface area contributed by atoms with Crippen LogP contribution in [0.3, 0.4) is 0 Å². The van der Waals surface area contributed by atoms with Crippen molar-refractivity contribution in [1.82, 2.24) is 5.32 Å². The summed E-state index contributed by atoms with van der Waals surface area (Å²) in [7, 11) is 0. The van der Waals surface area contributed by atoms with Gasteiger partial charge in [-0.25, -0.2) is 8.78 Å². The average Bonchev–Trinajstić information content (AvgIpc) is 2.32. The molecule has 0 aliphatic heterocycles. The van der Waals surface area contributed by atoms with Crippen molar-refractivity contribution in [3.8, 4) is 0 Å². The van der Waals surface area contributed by atoms with Gasteiger partial charge in [-0.1, -0.05) is 0 Å². The van der Waals surface area contributed by atoms with E-state index in [0.717, 1.165) is 24.0 Å². The molecule has 18 heavy (non-hydrogen) atoms. The van der Waals surface area contributed by atoms with Crippen molar-refractivity contribution in [2.45, 2.75) is 6.42 Å². The predicted molar refractivity (Wildman–Crippen MR) is 67.7 cm³/mol. The van der Waals surface area contributed by atoms with Gasteiger partial charge in [-0.2, -0.15) is 11.8 Å². The van der Waals surface area contributed by atoms with Crippen LogP contribution in [-0.4, -0.2) is 35.7 Å². The SMILES string of the molecule is O=C(NCCSCCCO)c1cc(F)cc(F)c1. The Balaban J connectivity index is 2.32. The summed E-state index contributed by atoms with van der Waals surface area (Å²) in [6.45, 7) is 0.578. The molecule has 0 aliphatic rings. The molecular weight excluding hydrogens is 260 g/mol. The van der Waals surface area contributed by atoms with Crippen LogP contribution in [0.25, 0.3) is 0 Å². The van der Waals surface area contributed by atoms with Crippen molar-refractivity contribution in [2.75, 3.05) is 24.7 Å². The van der Waals surface area contributed by atoms with E-state index in [9.17, 15) is 13.6 Å². The summed E-state index contributed by atoms with van der Waals surface area (Å²) in [6.07, 6.45) is 0.716. The van der Waals surface area contributed by atoms with Gasteiger partial charge in [0.1, 0.15) is 11.6 Å². The smallest absolute Gasteiger partial charge is 0.251 e. The Morgan fingerprint density at radius 2 is 1.89 bits per heavy atom. The zero-order chi connectivity index (χ0) is 13.4. The Morgan fingerprint density at radius 3 is 2.50 bits per heavy atom. The topological polar surface area (TPSA) is 49.3 Å². The Labute approximate surface area is 109 Å². The molecule has 6 heteroatoms. The molecule has 0 heterocycles. The van der Waals surface area contributed by atoms with Crippen LogP contribution in [0, 0.1) is 11.6 Å². The van der Waals surface area contributed by atoms with Gasteiger partial charge < -0.3 is 10.4 Å². The number of nitrogens with one attached hydrogen (secondary N) is 1. The van der Waals surface area contributed by atoms with E-state index < -0.39 is 17.5 Å². The van der Waals surface area contributed by atoms with Crippen molar-refractivity contribution in [2.24, 2.45) is 0 Å². The van der Waals surface area contributed by atoms with Crippen molar-refractivity contribution in [3.63, 3.8) is 0 Å². The van der Waals surface area contributed by atoms with Crippen molar-refractivity contribution in [3.05, 3.63) is 35.4 Å². The minimum atomic E-state index is -0.766. The molecule has 1 aromatic carbocycles. The average molecular weight is 275 g/mol. The molecule has 1 amide bonds. The lowest BCUT2D eigenvalue weighted by atomic mass is 10.2. The molecule has 0 spiro atoms. The molecule has 0 saturated heterocycles. The number of hydrogen-bond donors (Lipinski definition) is 2. The van der Waals surface area contributed by atoms with Crippen LogP contribution in [0.1, 0.15) is 16.8 Å². The lowest BCUT2D eigenvalue weighted by Gasteiger charge is -2.05. The van der Waals surface area contributed by atoms with Gasteiger partial charge in [-0.3, -0.25) is 4.79 Å². The highest BCUT2D eigenvalue weighted by molar-refractivity contribution is 7.99. The second kappa shape index (κ2) is 8.05. The van der Waals surface area contributed by atoms with Gasteiger partial charge in [0, 0.05) is 30.5 Å². The number of benzene rings is 1. The van der Waals surface area contributed by atoms with E-state index in [0.29, 0.717) is 18.7 Å². The fourth-order valence-corrected chi connectivity index (χ4v) is 2.08. The van der Waals surface area contributed by atoms with Crippen LogP contribution in [-0.2, 0) is 0 Å². The molecule has 0 radical (unpaired) electrons. The first-order valence-electron chi connectivity index (χ1n) is 5.56. The standard InChI is InChI=1S/C12H15F2NO2S/c13-10-6-9(7-11(14)8-10)12(17)15-2-5-18-4-1-3-16/h6-8,16H,1-5H2,(H,15,17). The number of hydrogen-bond acceptors (Lipinski definition) is 3. The molecular formula is C12H15F2NO2S. The molecule has 0 aliphatic carbocycles. The van der Waals surface area contributed by atoms with Crippen LogP contribution >= 0.6 is 11.8 Å². The Morgan fingerprint density at radius 1 is 1.22 bits per heavy atom. The van der Waals surface area contributed by atoms with Gasteiger partial charge in [-0.15, -0.1) is 0 Å². The molecule has 1 aromatic rings. The third kappa shape index (κ3) is 5.46. The first-order valence-corrected chi connectivity index (χ1v) is 6.72. The number of aliphatic hydroxyl groups is 1. The number of thioether (sulfide) groups is 1. The Kier molecular flexibility index (Phi) is 6.67. The van der Waals surface area contributed by atoms with E-state index in [2.05, 4.69) is 5.32 Å². The van der Waals surface area contributed by atoms with Crippen molar-refractivity contribution in [1.29, 1.82) is 0 Å². The number of aliphatic hydroxyl groups excluding tert-OH is 1. The summed E-state index contributed by atoms with van der Waals surface area (Å²) in [5, 5.41) is 11.1. The fraction of sp³-hybridized carbons (Fsp3) is 0.417. The molecule has 0 bridgehead atoms. The summed E-state index contributed by atoms with van der Waals surface area (Å²) in [4.78, 5) is 11.5. The maximum Gasteiger partial charge on any atom is 0.251 e. The first-order chi connectivity index (χ1) is 8.63. The molecule has 0 fully saturated rings. The van der Waals surface area contributed by atoms with Crippen LogP contribution in [0.2, 0.25) is 0 Å². The summed E-state index contributed by atoms with van der Waals surface area (Å²) in [5.74, 6) is -0.504. The molecule has 0 atom stereocenters. The lowest BCUT2D eigenvalue weighted by Crippen LogP contribution is -2.26. The Bertz CT molecular complexity index is 381. The number of rotatable bonds is 7. The molecule has 1 rings (SSSR count). The van der Waals surface area contributed by atoms with Crippen LogP contribution in [0.4, 0.5) is 8.78 Å². The van der Waals surface area contributed by atoms with Gasteiger partial charge in [0.2, 0.25) is 0 Å². The largest absolute Gasteiger partial charge is 0.396 e. The van der Waals surface area contributed by atoms with E-state index in [1.165, 1.54) is 0 Å². The lowest BCUT2D eigenvalue weighted by molar-refractivity contribution is 0.0955. The summed E-state index contributed by atoms with van der Waals surface area (Å²) < 4.78 is 25.7. The monoisotopic (exact) mass is 275 g/mol. The second-order valence-corrected chi connectivity index (χ2v) is 4.83. The van der Waals surface area contributed by atoms with Crippen LogP contribution in [0.15, 0.2) is 18.2 Å². The number of carbonyl (C=O) groups excluding carboxylic acids is 1. The van der Waals surface area contributed by atoms with E-state index in [1.807, 2.05) is 0 Å². The van der Waals surface area contributed by atoms with E-state index in [4.69, 9.17) is 5.11 Å². The fourth-order valence-electron chi connectivity index (χ4n) is 1.29. The summed E-state index contributed by atoms with van der Waals surface area (Å²) in [6, 6.07) is 2.72. The van der Waals surface area contributed by atoms with Crippen molar-refractivity contribution < 1.29 is 18.7 Å². The zero-order valence-electron chi connectivity index (χ0n) is 9.79. The van der Waals surface area contributed by atoms with Gasteiger partial charge in [0.25, 0.3) is 5.91 Å². The minimum absolute atomic E-state index is 0.0205. The minimum Gasteiger partial charge on any atom is -0.396 e. The predicted octanol–water partition coefficient (Wildman–Crippen LogP) is 1.81. The van der Waals surface area contributed by atoms with Gasteiger partial charge in [-0.05, 0) is 24.3 Å². The third-order valence-electron chi connectivity index (χ3n) is 2.10. The first kappa shape index (κ1) is 14.9. The van der Waals surface area contributed by atoms with E-state index in [1.54, 1.807) is 11.8 Å². The molecule has 0 saturated carbocycles. The highest BCUT2D eigenvalue weighted by atomic mass is 32.2. The van der Waals surface area contributed by atoms with Gasteiger partial charge in [0.05, 0.1) is 0 Å². The van der Waals surface area contributed by atoms with Crippen LogP contribution in [0.5, 0.6) is 0 Å². The molecule has 3 nitrogen and oxygen atoms in total. The zero-order valence-corrected chi connectivity index (χ0v) is 10.6. The molecule has 0 unspecified atom stereocenters. The third-order valence-corrected chi connectivity index (χ3v) is 3.17. The van der Waals surface area contributed by atoms with Crippen molar-refractivity contribution >= 4 is 17.7 Å². The molecule has 100 valence electrons. The normalized spacial score (nSPS) is 10.4. The van der Waals surface area contributed by atoms with Crippen LogP contribution < -0.4 is 5.32 Å². The summed E-state index contributed by atoms with van der Waals surface area (Å²) in [5.41, 5.74) is -0.0205. The van der Waals surface area contributed by atoms with E-state index in [-0.39, 0.29) is 12.2 Å². The Hall–Kier alpha value is -1.14. The highest BCUT2D eigenvalue weighted by Gasteiger charge is 2.08. The maximum absolute atomic E-state index is 12.9. The number of halogens is 2. The van der Waals surface area contributed by atoms with E-state index >= 15 is 0 Å². The second-order valence-electron chi connectivity index (χ2n) is 3.60. The summed E-state index contributed by atoms with van der Waals surface area (Å²) >= 11 is 1.60. The highest BCUT2D eigenvalue weighted by Crippen LogP contribution is 2.08. The van der Waals surface area contributed by atoms with Gasteiger partial charge in [0.15, 0.2) is 0 Å². The molecule has 2 N–H and O–H groups in total. The quantitative estimate of drug-likeness (QED) is 0.746. The molecule has 0 aromatic heterocycles. The number of amides is 1.